The number of imidazole rings is 1. The van der Waals surface area contributed by atoms with E-state index in [1.165, 1.54) is 4.31 Å². The zero-order chi connectivity index (χ0) is 18.9. The summed E-state index contributed by atoms with van der Waals surface area (Å²) < 4.78 is 28.9. The number of likely N-dealkylation sites (N-methyl/N-ethyl adjacent to an activating group) is 1. The van der Waals surface area contributed by atoms with E-state index in [1.807, 2.05) is 4.90 Å². The Bertz CT molecular complexity index is 735. The standard InChI is InChI=1S/C16H28N6O3S/c1-14-17-15(13-19(14)3)26(24,25)22-6-4-5-20(11-12-22)16(23)21-9-7-18(2)8-10-21/h13H,4-12H2,1-3H3. The van der Waals surface area contributed by atoms with Gasteiger partial charge in [-0.05, 0) is 20.4 Å². The molecule has 9 nitrogen and oxygen atoms in total. The molecule has 3 rings (SSSR count). The number of carbonyl (C=O) groups is 1. The maximum absolute atomic E-state index is 12.9. The quantitative estimate of drug-likeness (QED) is 0.705. The minimum absolute atomic E-state index is 0.0195. The van der Waals surface area contributed by atoms with Crippen LogP contribution in [0.15, 0.2) is 11.2 Å². The molecule has 0 bridgehead atoms. The predicted octanol–water partition coefficient (Wildman–Crippen LogP) is -0.208. The molecule has 0 atom stereocenters. The fourth-order valence-corrected chi connectivity index (χ4v) is 4.80. The van der Waals surface area contributed by atoms with Crippen LogP contribution in [0.25, 0.3) is 0 Å². The molecule has 2 amide bonds. The number of amides is 2. The Morgan fingerprint density at radius 3 is 2.19 bits per heavy atom. The Hall–Kier alpha value is -1.65. The van der Waals surface area contributed by atoms with Gasteiger partial charge in [0.05, 0.1) is 0 Å². The van der Waals surface area contributed by atoms with Gasteiger partial charge in [0.25, 0.3) is 10.0 Å². The third-order valence-electron chi connectivity index (χ3n) is 5.19. The van der Waals surface area contributed by atoms with E-state index in [4.69, 9.17) is 0 Å². The molecule has 0 spiro atoms. The number of aryl methyl sites for hydroxylation is 2. The lowest BCUT2D eigenvalue weighted by molar-refractivity contribution is 0.124. The lowest BCUT2D eigenvalue weighted by Gasteiger charge is -2.35. The highest BCUT2D eigenvalue weighted by molar-refractivity contribution is 7.89. The normalized spacial score (nSPS) is 21.0. The average Bonchev–Trinajstić information content (AvgIpc) is 2.82. The number of sulfonamides is 1. The summed E-state index contributed by atoms with van der Waals surface area (Å²) in [6.45, 7) is 6.68. The van der Waals surface area contributed by atoms with E-state index in [-0.39, 0.29) is 11.1 Å². The summed E-state index contributed by atoms with van der Waals surface area (Å²) in [7, 11) is 0.204. The van der Waals surface area contributed by atoms with Crippen molar-refractivity contribution in [2.24, 2.45) is 7.05 Å². The number of hydrogen-bond donors (Lipinski definition) is 0. The van der Waals surface area contributed by atoms with Gasteiger partial charge in [0.15, 0.2) is 5.03 Å². The van der Waals surface area contributed by atoms with Gasteiger partial charge in [-0.15, -0.1) is 0 Å². The van der Waals surface area contributed by atoms with E-state index in [1.54, 1.807) is 29.6 Å². The molecule has 0 radical (unpaired) electrons. The van der Waals surface area contributed by atoms with Crippen LogP contribution >= 0.6 is 0 Å². The number of hydrogen-bond acceptors (Lipinski definition) is 5. The summed E-state index contributed by atoms with van der Waals surface area (Å²) in [4.78, 5) is 22.8. The summed E-state index contributed by atoms with van der Waals surface area (Å²) in [5.74, 6) is 0.658. The van der Waals surface area contributed by atoms with Crippen LogP contribution in [0.1, 0.15) is 12.2 Å². The minimum atomic E-state index is -3.63. The van der Waals surface area contributed by atoms with E-state index in [9.17, 15) is 13.2 Å². The van der Waals surface area contributed by atoms with E-state index in [2.05, 4.69) is 16.9 Å². The zero-order valence-corrected chi connectivity index (χ0v) is 16.6. The topological polar surface area (TPSA) is 82.0 Å². The molecular formula is C16H28N6O3S. The lowest BCUT2D eigenvalue weighted by Crippen LogP contribution is -2.52. The molecule has 2 fully saturated rings. The Balaban J connectivity index is 1.65. The van der Waals surface area contributed by atoms with Crippen molar-refractivity contribution in [3.05, 3.63) is 12.0 Å². The van der Waals surface area contributed by atoms with Crippen LogP contribution in [-0.4, -0.2) is 102 Å². The monoisotopic (exact) mass is 384 g/mol. The number of rotatable bonds is 2. The maximum atomic E-state index is 12.9. The molecule has 2 saturated heterocycles. The van der Waals surface area contributed by atoms with Crippen LogP contribution in [0, 0.1) is 6.92 Å². The van der Waals surface area contributed by atoms with Crippen LogP contribution in [0.4, 0.5) is 4.79 Å². The second-order valence-corrected chi connectivity index (χ2v) is 8.94. The number of aromatic nitrogens is 2. The molecule has 1 aromatic rings. The molecule has 1 aromatic heterocycles. The van der Waals surface area contributed by atoms with Crippen molar-refractivity contribution in [1.82, 2.24) is 28.6 Å². The fourth-order valence-electron chi connectivity index (χ4n) is 3.31. The van der Waals surface area contributed by atoms with Crippen LogP contribution in [-0.2, 0) is 17.1 Å². The zero-order valence-electron chi connectivity index (χ0n) is 15.8. The van der Waals surface area contributed by atoms with Crippen LogP contribution in [0.2, 0.25) is 0 Å². The van der Waals surface area contributed by atoms with Crippen LogP contribution < -0.4 is 0 Å². The number of carbonyl (C=O) groups excluding carboxylic acids is 1. The SMILES string of the molecule is Cc1nc(S(=O)(=O)N2CCCN(C(=O)N3CCN(C)CC3)CC2)cn1C. The van der Waals surface area contributed by atoms with Crippen LogP contribution in [0.3, 0.4) is 0 Å². The first-order chi connectivity index (χ1) is 12.3. The van der Waals surface area contributed by atoms with Gasteiger partial charge in [-0.1, -0.05) is 0 Å². The summed E-state index contributed by atoms with van der Waals surface area (Å²) in [5, 5.41) is 0.0799. The van der Waals surface area contributed by atoms with E-state index < -0.39 is 10.0 Å². The van der Waals surface area contributed by atoms with Gasteiger partial charge in [0, 0.05) is 65.6 Å². The first-order valence-corrected chi connectivity index (χ1v) is 10.5. The number of nitrogens with zero attached hydrogens (tertiary/aromatic N) is 6. The van der Waals surface area contributed by atoms with Gasteiger partial charge in [-0.2, -0.15) is 4.31 Å². The first kappa shape index (κ1) is 19.1. The Morgan fingerprint density at radius 1 is 0.962 bits per heavy atom. The van der Waals surface area contributed by atoms with Gasteiger partial charge in [0.2, 0.25) is 0 Å². The molecule has 2 aliphatic rings. The van der Waals surface area contributed by atoms with Gasteiger partial charge in [-0.25, -0.2) is 18.2 Å². The second kappa shape index (κ2) is 7.53. The third kappa shape index (κ3) is 3.86. The van der Waals surface area contributed by atoms with E-state index >= 15 is 0 Å². The molecule has 0 aliphatic carbocycles. The highest BCUT2D eigenvalue weighted by atomic mass is 32.2. The van der Waals surface area contributed by atoms with E-state index in [0.717, 1.165) is 26.2 Å². The first-order valence-electron chi connectivity index (χ1n) is 9.01. The predicted molar refractivity (Wildman–Crippen MR) is 97.4 cm³/mol. The summed E-state index contributed by atoms with van der Waals surface area (Å²) in [6, 6.07) is 0.0195. The Morgan fingerprint density at radius 2 is 1.58 bits per heavy atom. The smallest absolute Gasteiger partial charge is 0.320 e. The Labute approximate surface area is 155 Å². The average molecular weight is 385 g/mol. The van der Waals surface area contributed by atoms with Crippen molar-refractivity contribution >= 4 is 16.1 Å². The molecule has 3 heterocycles. The van der Waals surface area contributed by atoms with Crippen molar-refractivity contribution in [1.29, 1.82) is 0 Å². The molecule has 26 heavy (non-hydrogen) atoms. The molecule has 0 unspecified atom stereocenters. The molecular weight excluding hydrogens is 356 g/mol. The van der Waals surface area contributed by atoms with Crippen LogP contribution in [0.5, 0.6) is 0 Å². The third-order valence-corrected chi connectivity index (χ3v) is 6.96. The molecule has 0 saturated carbocycles. The lowest BCUT2D eigenvalue weighted by atomic mass is 10.3. The van der Waals surface area contributed by atoms with Gasteiger partial charge in [-0.3, -0.25) is 0 Å². The molecule has 10 heteroatoms. The van der Waals surface area contributed by atoms with Gasteiger partial charge < -0.3 is 19.3 Å². The summed E-state index contributed by atoms with van der Waals surface area (Å²) in [5.41, 5.74) is 0. The highest BCUT2D eigenvalue weighted by Gasteiger charge is 2.31. The maximum Gasteiger partial charge on any atom is 0.320 e. The second-order valence-electron chi connectivity index (χ2n) is 7.05. The van der Waals surface area contributed by atoms with Crippen molar-refractivity contribution in [2.75, 3.05) is 59.4 Å². The van der Waals surface area contributed by atoms with Gasteiger partial charge in [0.1, 0.15) is 5.82 Å². The molecule has 2 aliphatic heterocycles. The minimum Gasteiger partial charge on any atom is -0.337 e. The Kier molecular flexibility index (Phi) is 5.54. The fraction of sp³-hybridized carbons (Fsp3) is 0.750. The molecule has 0 aromatic carbocycles. The number of urea groups is 1. The van der Waals surface area contributed by atoms with Crippen molar-refractivity contribution in [2.45, 2.75) is 18.4 Å². The molecule has 0 N–H and O–H groups in total. The van der Waals surface area contributed by atoms with Gasteiger partial charge >= 0.3 is 6.03 Å². The number of piperazine rings is 1. The summed E-state index contributed by atoms with van der Waals surface area (Å²) in [6.07, 6.45) is 2.17. The molecule has 146 valence electrons. The van der Waals surface area contributed by atoms with E-state index in [0.29, 0.717) is 38.4 Å². The van der Waals surface area contributed by atoms with Crippen molar-refractivity contribution < 1.29 is 13.2 Å². The largest absolute Gasteiger partial charge is 0.337 e. The summed E-state index contributed by atoms with van der Waals surface area (Å²) >= 11 is 0. The van der Waals surface area contributed by atoms with Crippen molar-refractivity contribution in [3.63, 3.8) is 0 Å². The van der Waals surface area contributed by atoms with Crippen molar-refractivity contribution in [3.8, 4) is 0 Å². The highest BCUT2D eigenvalue weighted by Crippen LogP contribution is 2.18.